The largest absolute Gasteiger partial charge is 0.396 e. The van der Waals surface area contributed by atoms with Gasteiger partial charge in [0.2, 0.25) is 0 Å². The van der Waals surface area contributed by atoms with E-state index in [-0.39, 0.29) is 6.61 Å². The van der Waals surface area contributed by atoms with Crippen molar-refractivity contribution in [2.45, 2.75) is 0 Å². The van der Waals surface area contributed by atoms with Gasteiger partial charge in [-0.25, -0.2) is 4.98 Å². The lowest BCUT2D eigenvalue weighted by molar-refractivity contribution is 0.0992. The van der Waals surface area contributed by atoms with E-state index < -0.39 is 0 Å². The lowest BCUT2D eigenvalue weighted by Crippen LogP contribution is -2.13. The molecule has 0 atom stereocenters. The van der Waals surface area contributed by atoms with Crippen LogP contribution in [-0.2, 0) is 4.74 Å². The minimum Gasteiger partial charge on any atom is -0.396 e. The molecule has 0 spiro atoms. The molecule has 0 unspecified atom stereocenters. The van der Waals surface area contributed by atoms with Gasteiger partial charge in [0.05, 0.1) is 25.5 Å². The Labute approximate surface area is 82.9 Å². The molecule has 14 heavy (non-hydrogen) atoms. The minimum atomic E-state index is 0.0473. The highest BCUT2D eigenvalue weighted by atomic mass is 16.5. The molecule has 0 radical (unpaired) electrons. The number of hydrogen-bond acceptors (Lipinski definition) is 5. The number of rotatable bonds is 6. The summed E-state index contributed by atoms with van der Waals surface area (Å²) in [5.74, 6) is 0.667. The van der Waals surface area contributed by atoms with Gasteiger partial charge in [-0.05, 0) is 12.1 Å². The van der Waals surface area contributed by atoms with Crippen molar-refractivity contribution in [3.05, 3.63) is 18.3 Å². The lowest BCUT2D eigenvalue weighted by atomic mass is 10.4. The molecule has 0 aliphatic heterocycles. The molecule has 0 bridgehead atoms. The first-order valence-corrected chi connectivity index (χ1v) is 4.47. The summed E-state index contributed by atoms with van der Waals surface area (Å²) in [6, 6.07) is 3.56. The van der Waals surface area contributed by atoms with Crippen molar-refractivity contribution in [3.63, 3.8) is 0 Å². The highest BCUT2D eigenvalue weighted by Gasteiger charge is 1.96. The van der Waals surface area contributed by atoms with Crippen LogP contribution < -0.4 is 11.1 Å². The fraction of sp³-hybridized carbons (Fsp3) is 0.444. The Morgan fingerprint density at radius 2 is 2.36 bits per heavy atom. The summed E-state index contributed by atoms with van der Waals surface area (Å²) in [5, 5.41) is 11.5. The monoisotopic (exact) mass is 197 g/mol. The number of aromatic nitrogens is 1. The third-order valence-electron chi connectivity index (χ3n) is 1.61. The van der Waals surface area contributed by atoms with Gasteiger partial charge in [0.25, 0.3) is 0 Å². The first-order valence-electron chi connectivity index (χ1n) is 4.47. The number of ether oxygens (including phenoxy) is 1. The van der Waals surface area contributed by atoms with Gasteiger partial charge in [0, 0.05) is 12.7 Å². The number of nitrogens with two attached hydrogens (primary N) is 1. The maximum atomic E-state index is 8.45. The summed E-state index contributed by atoms with van der Waals surface area (Å²) in [6.45, 7) is 1.56. The molecule has 5 heteroatoms. The van der Waals surface area contributed by atoms with Crippen molar-refractivity contribution in [2.75, 3.05) is 37.4 Å². The van der Waals surface area contributed by atoms with Crippen LogP contribution in [0.4, 0.5) is 11.5 Å². The zero-order valence-electron chi connectivity index (χ0n) is 7.94. The molecule has 4 N–H and O–H groups in total. The smallest absolute Gasteiger partial charge is 0.149 e. The molecule has 1 rings (SSSR count). The summed E-state index contributed by atoms with van der Waals surface area (Å²) in [6.07, 6.45) is 1.67. The zero-order chi connectivity index (χ0) is 10.2. The van der Waals surface area contributed by atoms with Crippen LogP contribution in [0.5, 0.6) is 0 Å². The molecular weight excluding hydrogens is 182 g/mol. The van der Waals surface area contributed by atoms with Crippen LogP contribution in [0.1, 0.15) is 0 Å². The lowest BCUT2D eigenvalue weighted by Gasteiger charge is -2.07. The predicted octanol–water partition coefficient (Wildman–Crippen LogP) is 0.0846. The average molecular weight is 197 g/mol. The summed E-state index contributed by atoms with van der Waals surface area (Å²) in [7, 11) is 0. The number of anilines is 2. The van der Waals surface area contributed by atoms with Crippen molar-refractivity contribution in [2.24, 2.45) is 0 Å². The average Bonchev–Trinajstić information content (AvgIpc) is 2.20. The second-order valence-electron chi connectivity index (χ2n) is 2.70. The Kier molecular flexibility index (Phi) is 4.74. The molecule has 0 aromatic carbocycles. The number of pyridine rings is 1. The Morgan fingerprint density at radius 3 is 3.07 bits per heavy atom. The first kappa shape index (κ1) is 10.7. The second kappa shape index (κ2) is 6.17. The molecule has 1 heterocycles. The standard InChI is InChI=1S/C9H15N3O2/c10-8-2-1-3-11-9(8)12-4-6-14-7-5-13/h1-3,13H,4-7,10H2,(H,11,12). The van der Waals surface area contributed by atoms with Gasteiger partial charge >= 0.3 is 0 Å². The van der Waals surface area contributed by atoms with Crippen LogP contribution in [0.2, 0.25) is 0 Å². The Bertz CT molecular complexity index is 268. The fourth-order valence-electron chi connectivity index (χ4n) is 0.974. The van der Waals surface area contributed by atoms with Crippen LogP contribution in [0.15, 0.2) is 18.3 Å². The van der Waals surface area contributed by atoms with Gasteiger partial charge in [0.1, 0.15) is 5.82 Å². The molecule has 1 aromatic heterocycles. The first-order chi connectivity index (χ1) is 6.84. The van der Waals surface area contributed by atoms with Gasteiger partial charge in [-0.3, -0.25) is 0 Å². The zero-order valence-corrected chi connectivity index (χ0v) is 7.94. The van der Waals surface area contributed by atoms with Gasteiger partial charge in [-0.1, -0.05) is 0 Å². The summed E-state index contributed by atoms with van der Waals surface area (Å²) >= 11 is 0. The van der Waals surface area contributed by atoms with Gasteiger partial charge in [-0.2, -0.15) is 0 Å². The molecule has 0 aliphatic carbocycles. The summed E-state index contributed by atoms with van der Waals surface area (Å²) in [5.41, 5.74) is 6.28. The molecule has 0 aliphatic rings. The van der Waals surface area contributed by atoms with E-state index in [9.17, 15) is 0 Å². The number of nitrogen functional groups attached to an aromatic ring is 1. The van der Waals surface area contributed by atoms with Crippen molar-refractivity contribution in [1.82, 2.24) is 4.98 Å². The van der Waals surface area contributed by atoms with E-state index in [0.717, 1.165) is 0 Å². The van der Waals surface area contributed by atoms with E-state index in [2.05, 4.69) is 10.3 Å². The normalized spacial score (nSPS) is 10.1. The molecular formula is C9H15N3O2. The Balaban J connectivity index is 2.21. The number of aliphatic hydroxyl groups is 1. The molecule has 0 saturated heterocycles. The Morgan fingerprint density at radius 1 is 1.50 bits per heavy atom. The van der Waals surface area contributed by atoms with Crippen molar-refractivity contribution in [3.8, 4) is 0 Å². The highest BCUT2D eigenvalue weighted by molar-refractivity contribution is 5.60. The fourth-order valence-corrected chi connectivity index (χ4v) is 0.974. The number of aliphatic hydroxyl groups excluding tert-OH is 1. The highest BCUT2D eigenvalue weighted by Crippen LogP contribution is 2.11. The molecule has 0 saturated carbocycles. The van der Waals surface area contributed by atoms with E-state index in [1.807, 2.05) is 0 Å². The van der Waals surface area contributed by atoms with Crippen LogP contribution in [0, 0.1) is 0 Å². The third kappa shape index (κ3) is 3.59. The van der Waals surface area contributed by atoms with Crippen LogP contribution in [-0.4, -0.2) is 36.5 Å². The van der Waals surface area contributed by atoms with Gasteiger partial charge in [-0.15, -0.1) is 0 Å². The molecule has 0 fully saturated rings. The number of nitrogens with zero attached hydrogens (tertiary/aromatic N) is 1. The quantitative estimate of drug-likeness (QED) is 0.563. The van der Waals surface area contributed by atoms with E-state index in [1.54, 1.807) is 18.3 Å². The van der Waals surface area contributed by atoms with Gasteiger partial charge in [0.15, 0.2) is 0 Å². The van der Waals surface area contributed by atoms with Crippen molar-refractivity contribution < 1.29 is 9.84 Å². The van der Waals surface area contributed by atoms with Crippen LogP contribution in [0.25, 0.3) is 0 Å². The van der Waals surface area contributed by atoms with Crippen LogP contribution >= 0.6 is 0 Å². The van der Waals surface area contributed by atoms with E-state index in [0.29, 0.717) is 31.3 Å². The van der Waals surface area contributed by atoms with E-state index in [1.165, 1.54) is 0 Å². The molecule has 78 valence electrons. The SMILES string of the molecule is Nc1cccnc1NCCOCCO. The number of nitrogens with one attached hydrogen (secondary N) is 1. The minimum absolute atomic E-state index is 0.0473. The second-order valence-corrected chi connectivity index (χ2v) is 2.70. The summed E-state index contributed by atoms with van der Waals surface area (Å²) < 4.78 is 5.06. The Hall–Kier alpha value is -1.33. The van der Waals surface area contributed by atoms with Crippen LogP contribution in [0.3, 0.4) is 0 Å². The molecule has 5 nitrogen and oxygen atoms in total. The maximum absolute atomic E-state index is 8.45. The molecule has 0 amide bonds. The van der Waals surface area contributed by atoms with Crippen molar-refractivity contribution in [1.29, 1.82) is 0 Å². The van der Waals surface area contributed by atoms with Crippen molar-refractivity contribution >= 4 is 11.5 Å². The van der Waals surface area contributed by atoms with E-state index >= 15 is 0 Å². The maximum Gasteiger partial charge on any atom is 0.149 e. The van der Waals surface area contributed by atoms with E-state index in [4.69, 9.17) is 15.6 Å². The number of hydrogen-bond donors (Lipinski definition) is 3. The van der Waals surface area contributed by atoms with Gasteiger partial charge < -0.3 is 20.9 Å². The summed E-state index contributed by atoms with van der Waals surface area (Å²) in [4.78, 5) is 4.06. The third-order valence-corrected chi connectivity index (χ3v) is 1.61. The molecule has 1 aromatic rings. The predicted molar refractivity (Wildman–Crippen MR) is 55.0 cm³/mol. The topological polar surface area (TPSA) is 80.4 Å².